The largest absolute Gasteiger partial charge is 0.478 e. The van der Waals surface area contributed by atoms with Crippen LogP contribution in [-0.4, -0.2) is 38.0 Å². The van der Waals surface area contributed by atoms with Crippen molar-refractivity contribution in [2.75, 3.05) is 6.54 Å². The van der Waals surface area contributed by atoms with Crippen molar-refractivity contribution in [3.05, 3.63) is 29.8 Å². The van der Waals surface area contributed by atoms with Gasteiger partial charge < -0.3 is 10.4 Å². The van der Waals surface area contributed by atoms with Crippen molar-refractivity contribution in [2.24, 2.45) is 5.92 Å². The second-order valence-electron chi connectivity index (χ2n) is 5.23. The molecule has 1 saturated carbocycles. The molecule has 1 aliphatic carbocycles. The first-order chi connectivity index (χ1) is 10.3. The fourth-order valence-electron chi connectivity index (χ4n) is 2.15. The Bertz CT molecular complexity index is 669. The highest BCUT2D eigenvalue weighted by atomic mass is 32.2. The zero-order valence-corrected chi connectivity index (χ0v) is 12.9. The van der Waals surface area contributed by atoms with Crippen molar-refractivity contribution < 1.29 is 23.1 Å². The number of carboxylic acid groups (broad SMARTS) is 1. The molecular formula is C14H18N2O5S. The average molecular weight is 326 g/mol. The Morgan fingerprint density at radius 1 is 1.27 bits per heavy atom. The van der Waals surface area contributed by atoms with E-state index < -0.39 is 16.0 Å². The van der Waals surface area contributed by atoms with Gasteiger partial charge in [0.2, 0.25) is 15.9 Å². The third kappa shape index (κ3) is 4.05. The smallest absolute Gasteiger partial charge is 0.335 e. The van der Waals surface area contributed by atoms with Gasteiger partial charge in [-0.2, -0.15) is 0 Å². The number of benzene rings is 1. The van der Waals surface area contributed by atoms with Crippen molar-refractivity contribution in [3.63, 3.8) is 0 Å². The Balaban J connectivity index is 1.90. The second kappa shape index (κ2) is 6.45. The van der Waals surface area contributed by atoms with Crippen LogP contribution in [0.5, 0.6) is 0 Å². The van der Waals surface area contributed by atoms with Gasteiger partial charge in [-0.3, -0.25) is 4.79 Å². The fraction of sp³-hybridized carbons (Fsp3) is 0.429. The maximum Gasteiger partial charge on any atom is 0.335 e. The van der Waals surface area contributed by atoms with E-state index in [2.05, 4.69) is 10.0 Å². The molecule has 0 bridgehead atoms. The zero-order chi connectivity index (χ0) is 16.3. The summed E-state index contributed by atoms with van der Waals surface area (Å²) in [6.07, 6.45) is 1.93. The Morgan fingerprint density at radius 2 is 1.91 bits per heavy atom. The predicted octanol–water partition coefficient (Wildman–Crippen LogP) is 0.578. The molecule has 2 rings (SSSR count). The van der Waals surface area contributed by atoms with Crippen molar-refractivity contribution in [3.8, 4) is 0 Å². The first-order valence-electron chi connectivity index (χ1n) is 6.96. The van der Waals surface area contributed by atoms with E-state index in [0.717, 1.165) is 12.8 Å². The van der Waals surface area contributed by atoms with Crippen molar-refractivity contribution >= 4 is 21.9 Å². The first kappa shape index (κ1) is 16.4. The summed E-state index contributed by atoms with van der Waals surface area (Å²) in [5, 5.41) is 11.5. The molecule has 0 heterocycles. The maximum atomic E-state index is 12.0. The van der Waals surface area contributed by atoms with E-state index in [4.69, 9.17) is 5.11 Å². The lowest BCUT2D eigenvalue weighted by atomic mass is 10.2. The normalized spacial score (nSPS) is 20.4. The number of sulfonamides is 1. The number of hydrogen-bond acceptors (Lipinski definition) is 4. The summed E-state index contributed by atoms with van der Waals surface area (Å²) in [6.45, 7) is 1.70. The molecule has 1 amide bonds. The molecule has 1 aromatic carbocycles. The molecule has 8 heteroatoms. The lowest BCUT2D eigenvalue weighted by Crippen LogP contribution is -2.38. The molecule has 22 heavy (non-hydrogen) atoms. The topological polar surface area (TPSA) is 113 Å². The Labute approximate surface area is 128 Å². The minimum absolute atomic E-state index is 0.00367. The number of hydrogen-bond donors (Lipinski definition) is 3. The van der Waals surface area contributed by atoms with Gasteiger partial charge in [-0.05, 0) is 36.6 Å². The van der Waals surface area contributed by atoms with Crippen LogP contribution in [0.3, 0.4) is 0 Å². The average Bonchev–Trinajstić information content (AvgIpc) is 3.23. The van der Waals surface area contributed by atoms with E-state index in [1.54, 1.807) is 0 Å². The number of rotatable bonds is 7. The summed E-state index contributed by atoms with van der Waals surface area (Å²) >= 11 is 0. The molecule has 3 N–H and O–H groups in total. The molecule has 0 saturated heterocycles. The molecule has 1 fully saturated rings. The quantitative estimate of drug-likeness (QED) is 0.678. The zero-order valence-electron chi connectivity index (χ0n) is 12.1. The molecule has 0 radical (unpaired) electrons. The van der Waals surface area contributed by atoms with Crippen LogP contribution in [0.25, 0.3) is 0 Å². The van der Waals surface area contributed by atoms with Crippen LogP contribution in [-0.2, 0) is 14.8 Å². The molecule has 7 nitrogen and oxygen atoms in total. The van der Waals surface area contributed by atoms with Crippen LogP contribution in [0, 0.1) is 5.92 Å². The van der Waals surface area contributed by atoms with E-state index in [1.807, 2.05) is 6.92 Å². The van der Waals surface area contributed by atoms with Crippen LogP contribution in [0.4, 0.5) is 0 Å². The summed E-state index contributed by atoms with van der Waals surface area (Å²) < 4.78 is 26.2. The van der Waals surface area contributed by atoms with E-state index in [0.29, 0.717) is 5.92 Å². The van der Waals surface area contributed by atoms with Crippen molar-refractivity contribution in [2.45, 2.75) is 30.7 Å². The lowest BCUT2D eigenvalue weighted by molar-refractivity contribution is -0.120. The Hall–Kier alpha value is -1.93. The second-order valence-corrected chi connectivity index (χ2v) is 7.00. The Kier molecular flexibility index (Phi) is 4.82. The van der Waals surface area contributed by atoms with Crippen LogP contribution in [0.1, 0.15) is 30.1 Å². The van der Waals surface area contributed by atoms with Gasteiger partial charge in [0.15, 0.2) is 0 Å². The van der Waals surface area contributed by atoms with Gasteiger partial charge >= 0.3 is 5.97 Å². The van der Waals surface area contributed by atoms with Gasteiger partial charge in [0.1, 0.15) is 0 Å². The number of carbonyl (C=O) groups is 2. The molecule has 0 aromatic heterocycles. The predicted molar refractivity (Wildman–Crippen MR) is 78.9 cm³/mol. The molecule has 0 spiro atoms. The lowest BCUT2D eigenvalue weighted by Gasteiger charge is -2.08. The summed E-state index contributed by atoms with van der Waals surface area (Å²) in [6, 6.07) is 4.94. The van der Waals surface area contributed by atoms with Gasteiger partial charge in [0, 0.05) is 6.04 Å². The summed E-state index contributed by atoms with van der Waals surface area (Å²) in [5.41, 5.74) is -0.00367. The number of carboxylic acids is 1. The van der Waals surface area contributed by atoms with E-state index >= 15 is 0 Å². The van der Waals surface area contributed by atoms with Crippen LogP contribution in [0.2, 0.25) is 0 Å². The molecule has 2 atom stereocenters. The summed E-state index contributed by atoms with van der Waals surface area (Å²) in [5.74, 6) is -1.01. The number of nitrogens with one attached hydrogen (secondary N) is 2. The van der Waals surface area contributed by atoms with Crippen molar-refractivity contribution in [1.29, 1.82) is 0 Å². The molecular weight excluding hydrogens is 308 g/mol. The molecule has 0 unspecified atom stereocenters. The molecule has 0 aliphatic heterocycles. The van der Waals surface area contributed by atoms with Crippen LogP contribution in [0.15, 0.2) is 29.2 Å². The monoisotopic (exact) mass is 326 g/mol. The third-order valence-corrected chi connectivity index (χ3v) is 5.04. The maximum absolute atomic E-state index is 12.0. The fourth-order valence-corrected chi connectivity index (χ4v) is 3.14. The highest BCUT2D eigenvalue weighted by Crippen LogP contribution is 2.32. The van der Waals surface area contributed by atoms with Gasteiger partial charge in [-0.15, -0.1) is 0 Å². The highest BCUT2D eigenvalue weighted by molar-refractivity contribution is 7.89. The third-order valence-electron chi connectivity index (χ3n) is 3.63. The molecule has 1 aliphatic rings. The SMILES string of the molecule is CC[C@@H]1C[C@H]1NC(=O)CNS(=O)(=O)c1ccc(C(=O)O)cc1. The van der Waals surface area contributed by atoms with E-state index in [9.17, 15) is 18.0 Å². The van der Waals surface area contributed by atoms with Gasteiger partial charge in [0.05, 0.1) is 17.0 Å². The first-order valence-corrected chi connectivity index (χ1v) is 8.44. The van der Waals surface area contributed by atoms with E-state index in [-0.39, 0.29) is 29.0 Å². The standard InChI is InChI=1S/C14H18N2O5S/c1-2-9-7-12(9)16-13(17)8-15-22(20,21)11-5-3-10(4-6-11)14(18)19/h3-6,9,12,15H,2,7-8H2,1H3,(H,16,17)(H,18,19)/t9-,12-/m1/s1. The van der Waals surface area contributed by atoms with E-state index in [1.165, 1.54) is 24.3 Å². The van der Waals surface area contributed by atoms with Crippen LogP contribution < -0.4 is 10.0 Å². The number of carbonyl (C=O) groups excluding carboxylic acids is 1. The highest BCUT2D eigenvalue weighted by Gasteiger charge is 2.36. The number of aromatic carboxylic acids is 1. The minimum atomic E-state index is -3.84. The van der Waals surface area contributed by atoms with Gasteiger partial charge in [-0.25, -0.2) is 17.9 Å². The van der Waals surface area contributed by atoms with Gasteiger partial charge in [-0.1, -0.05) is 13.3 Å². The summed E-state index contributed by atoms with van der Waals surface area (Å²) in [7, 11) is -3.84. The Morgan fingerprint density at radius 3 is 2.41 bits per heavy atom. The van der Waals surface area contributed by atoms with Crippen LogP contribution >= 0.6 is 0 Å². The molecule has 1 aromatic rings. The number of amides is 1. The molecule has 120 valence electrons. The van der Waals surface area contributed by atoms with Crippen molar-refractivity contribution in [1.82, 2.24) is 10.0 Å². The summed E-state index contributed by atoms with van der Waals surface area (Å²) in [4.78, 5) is 22.3. The minimum Gasteiger partial charge on any atom is -0.478 e. The van der Waals surface area contributed by atoms with Gasteiger partial charge in [0.25, 0.3) is 0 Å².